The summed E-state index contributed by atoms with van der Waals surface area (Å²) in [5, 5.41) is 3.56. The number of hydrogen-bond donors (Lipinski definition) is 1. The zero-order valence-electron chi connectivity index (χ0n) is 13.6. The van der Waals surface area contributed by atoms with E-state index in [-0.39, 0.29) is 5.60 Å². The molecule has 0 aromatic heterocycles. The van der Waals surface area contributed by atoms with E-state index in [0.717, 1.165) is 31.2 Å². The van der Waals surface area contributed by atoms with Crippen molar-refractivity contribution in [1.82, 2.24) is 5.32 Å². The number of rotatable bonds is 7. The molecule has 0 amide bonds. The number of nitrogens with one attached hydrogen (secondary N) is 1. The molecule has 1 saturated carbocycles. The minimum atomic E-state index is 0.108. The van der Waals surface area contributed by atoms with Crippen LogP contribution in [-0.4, -0.2) is 18.7 Å². The van der Waals surface area contributed by atoms with Crippen LogP contribution in [0.1, 0.15) is 57.1 Å². The van der Waals surface area contributed by atoms with Crippen molar-refractivity contribution in [2.24, 2.45) is 5.92 Å². The lowest BCUT2D eigenvalue weighted by Crippen LogP contribution is -2.45. The van der Waals surface area contributed by atoms with Gasteiger partial charge in [0.2, 0.25) is 0 Å². The number of hydrogen-bond acceptors (Lipinski definition) is 2. The van der Waals surface area contributed by atoms with Crippen molar-refractivity contribution in [3.05, 3.63) is 29.3 Å². The molecule has 0 bridgehead atoms. The fraction of sp³-hybridized carbons (Fsp3) is 0.684. The Morgan fingerprint density at radius 2 is 1.95 bits per heavy atom. The zero-order valence-corrected chi connectivity index (χ0v) is 13.6. The molecule has 0 heterocycles. The predicted molar refractivity (Wildman–Crippen MR) is 88.0 cm³/mol. The third kappa shape index (κ3) is 3.60. The van der Waals surface area contributed by atoms with Crippen molar-refractivity contribution in [3.8, 4) is 5.75 Å². The van der Waals surface area contributed by atoms with E-state index in [1.54, 1.807) is 0 Å². The number of fused-ring (bicyclic) bond motifs is 1. The van der Waals surface area contributed by atoms with Gasteiger partial charge in [-0.25, -0.2) is 0 Å². The van der Waals surface area contributed by atoms with Crippen molar-refractivity contribution in [2.75, 3.05) is 13.1 Å². The molecule has 3 rings (SSSR count). The smallest absolute Gasteiger partial charge is 0.120 e. The summed E-state index contributed by atoms with van der Waals surface area (Å²) in [5.41, 5.74) is 3.15. The van der Waals surface area contributed by atoms with Gasteiger partial charge in [-0.15, -0.1) is 0 Å². The second kappa shape index (κ2) is 6.39. The highest BCUT2D eigenvalue weighted by molar-refractivity contribution is 5.38. The minimum absolute atomic E-state index is 0.108. The molecule has 1 N–H and O–H groups in total. The van der Waals surface area contributed by atoms with Crippen molar-refractivity contribution in [3.63, 3.8) is 0 Å². The summed E-state index contributed by atoms with van der Waals surface area (Å²) in [7, 11) is 0. The van der Waals surface area contributed by atoms with Gasteiger partial charge < -0.3 is 10.1 Å². The first-order chi connectivity index (χ1) is 10.2. The van der Waals surface area contributed by atoms with Crippen molar-refractivity contribution < 1.29 is 4.74 Å². The first-order valence-electron chi connectivity index (χ1n) is 8.68. The van der Waals surface area contributed by atoms with E-state index >= 15 is 0 Å². The van der Waals surface area contributed by atoms with Crippen LogP contribution in [0.25, 0.3) is 0 Å². The zero-order chi connectivity index (χ0) is 14.7. The van der Waals surface area contributed by atoms with Gasteiger partial charge >= 0.3 is 0 Å². The van der Waals surface area contributed by atoms with Gasteiger partial charge in [-0.05, 0) is 87.2 Å². The maximum atomic E-state index is 6.43. The van der Waals surface area contributed by atoms with E-state index in [4.69, 9.17) is 4.74 Å². The Labute approximate surface area is 129 Å². The Balaban J connectivity index is 1.56. The van der Waals surface area contributed by atoms with E-state index < -0.39 is 0 Å². The van der Waals surface area contributed by atoms with Crippen molar-refractivity contribution in [2.45, 2.75) is 64.4 Å². The molecule has 1 aromatic rings. The normalized spacial score (nSPS) is 19.4. The largest absolute Gasteiger partial charge is 0.487 e. The summed E-state index contributed by atoms with van der Waals surface area (Å²) in [4.78, 5) is 0. The molecule has 21 heavy (non-hydrogen) atoms. The Kier molecular flexibility index (Phi) is 4.54. The van der Waals surface area contributed by atoms with E-state index in [2.05, 4.69) is 37.4 Å². The van der Waals surface area contributed by atoms with Gasteiger partial charge in [0.05, 0.1) is 0 Å². The molecule has 0 radical (unpaired) electrons. The summed E-state index contributed by atoms with van der Waals surface area (Å²) >= 11 is 0. The van der Waals surface area contributed by atoms with Crippen molar-refractivity contribution in [1.29, 1.82) is 0 Å². The fourth-order valence-corrected chi connectivity index (χ4v) is 3.54. The van der Waals surface area contributed by atoms with E-state index in [1.807, 2.05) is 0 Å². The fourth-order valence-electron chi connectivity index (χ4n) is 3.54. The molecule has 116 valence electrons. The molecule has 1 fully saturated rings. The van der Waals surface area contributed by atoms with Crippen LogP contribution in [0.5, 0.6) is 5.75 Å². The first kappa shape index (κ1) is 14.9. The molecule has 2 heteroatoms. The molecule has 2 aliphatic carbocycles. The van der Waals surface area contributed by atoms with Crippen LogP contribution in [0.2, 0.25) is 0 Å². The molecule has 2 nitrogen and oxygen atoms in total. The third-order valence-electron chi connectivity index (χ3n) is 4.98. The first-order valence-corrected chi connectivity index (χ1v) is 8.68. The van der Waals surface area contributed by atoms with Crippen LogP contribution in [0, 0.1) is 5.92 Å². The van der Waals surface area contributed by atoms with Crippen molar-refractivity contribution >= 4 is 0 Å². The Bertz CT molecular complexity index is 476. The van der Waals surface area contributed by atoms with E-state index in [0.29, 0.717) is 0 Å². The Morgan fingerprint density at radius 1 is 1.14 bits per heavy atom. The second-order valence-corrected chi connectivity index (χ2v) is 7.27. The van der Waals surface area contributed by atoms with Crippen LogP contribution in [0.4, 0.5) is 0 Å². The maximum absolute atomic E-state index is 6.43. The van der Waals surface area contributed by atoms with E-state index in [1.165, 1.54) is 49.7 Å². The van der Waals surface area contributed by atoms with Gasteiger partial charge in [-0.2, -0.15) is 0 Å². The highest BCUT2D eigenvalue weighted by Gasteiger charge is 2.38. The molecule has 0 spiro atoms. The monoisotopic (exact) mass is 287 g/mol. The predicted octanol–water partition coefficient (Wildman–Crippen LogP) is 4.11. The molecule has 0 unspecified atom stereocenters. The van der Waals surface area contributed by atoms with Gasteiger partial charge in [0.15, 0.2) is 0 Å². The number of aryl methyl sites for hydroxylation is 2. The van der Waals surface area contributed by atoms with Gasteiger partial charge in [0, 0.05) is 0 Å². The summed E-state index contributed by atoms with van der Waals surface area (Å²) in [6.07, 6.45) is 8.67. The van der Waals surface area contributed by atoms with Crippen LogP contribution in [-0.2, 0) is 12.8 Å². The molecular formula is C19H29NO. The summed E-state index contributed by atoms with van der Waals surface area (Å²) in [5.74, 6) is 1.82. The van der Waals surface area contributed by atoms with Crippen LogP contribution >= 0.6 is 0 Å². The maximum Gasteiger partial charge on any atom is 0.120 e. The summed E-state index contributed by atoms with van der Waals surface area (Å²) in [6.45, 7) is 6.69. The molecule has 1 aromatic carbocycles. The standard InChI is InChI=1S/C19H29NO/c1-15(2)14-20-12-11-19(9-4-10-19)21-18-8-7-16-5-3-6-17(16)13-18/h7-8,13,15,20H,3-6,9-12,14H2,1-2H3. The molecule has 2 aliphatic rings. The third-order valence-corrected chi connectivity index (χ3v) is 4.98. The van der Waals surface area contributed by atoms with Crippen LogP contribution in [0.15, 0.2) is 18.2 Å². The number of benzene rings is 1. The average Bonchev–Trinajstić information content (AvgIpc) is 2.87. The molecule has 0 saturated heterocycles. The average molecular weight is 287 g/mol. The lowest BCUT2D eigenvalue weighted by molar-refractivity contribution is -0.0143. The lowest BCUT2D eigenvalue weighted by Gasteiger charge is -2.42. The van der Waals surface area contributed by atoms with Crippen LogP contribution < -0.4 is 10.1 Å². The topological polar surface area (TPSA) is 21.3 Å². The van der Waals surface area contributed by atoms with Gasteiger partial charge in [-0.3, -0.25) is 0 Å². The highest BCUT2D eigenvalue weighted by Crippen LogP contribution is 2.40. The Morgan fingerprint density at radius 3 is 2.67 bits per heavy atom. The van der Waals surface area contributed by atoms with Gasteiger partial charge in [-0.1, -0.05) is 19.9 Å². The van der Waals surface area contributed by atoms with Crippen LogP contribution in [0.3, 0.4) is 0 Å². The van der Waals surface area contributed by atoms with Gasteiger partial charge in [0.25, 0.3) is 0 Å². The second-order valence-electron chi connectivity index (χ2n) is 7.27. The quantitative estimate of drug-likeness (QED) is 0.762. The SMILES string of the molecule is CC(C)CNCCC1(Oc2ccc3c(c2)CCC3)CCC1. The molecule has 0 atom stereocenters. The highest BCUT2D eigenvalue weighted by atomic mass is 16.5. The molecule has 0 aliphatic heterocycles. The molecular weight excluding hydrogens is 258 g/mol. The summed E-state index contributed by atoms with van der Waals surface area (Å²) in [6, 6.07) is 6.76. The summed E-state index contributed by atoms with van der Waals surface area (Å²) < 4.78 is 6.43. The lowest BCUT2D eigenvalue weighted by atomic mass is 9.77. The van der Waals surface area contributed by atoms with E-state index in [9.17, 15) is 0 Å². The number of ether oxygens (including phenoxy) is 1. The van der Waals surface area contributed by atoms with Gasteiger partial charge in [0.1, 0.15) is 11.4 Å². The minimum Gasteiger partial charge on any atom is -0.487 e. The Hall–Kier alpha value is -1.02.